The fourth-order valence-electron chi connectivity index (χ4n) is 4.52. The van der Waals surface area contributed by atoms with Gasteiger partial charge in [0.05, 0.1) is 11.9 Å². The summed E-state index contributed by atoms with van der Waals surface area (Å²) in [7, 11) is -3.54. The Morgan fingerprint density at radius 2 is 1.56 bits per heavy atom. The van der Waals surface area contributed by atoms with E-state index in [1.54, 1.807) is 11.0 Å². The Balaban J connectivity index is 1.85. The van der Waals surface area contributed by atoms with E-state index in [9.17, 15) is 18.0 Å². The molecule has 0 unspecified atom stereocenters. The molecule has 0 radical (unpaired) electrons. The van der Waals surface area contributed by atoms with Crippen molar-refractivity contribution in [1.29, 1.82) is 0 Å². The van der Waals surface area contributed by atoms with Gasteiger partial charge in [-0.25, -0.2) is 8.42 Å². The largest absolute Gasteiger partial charge is 0.355 e. The summed E-state index contributed by atoms with van der Waals surface area (Å²) in [4.78, 5) is 28.7. The lowest BCUT2D eigenvalue weighted by molar-refractivity contribution is -0.141. The van der Waals surface area contributed by atoms with Crippen LogP contribution in [0.4, 0.5) is 5.69 Å². The summed E-state index contributed by atoms with van der Waals surface area (Å²) < 4.78 is 26.5. The number of sulfonamides is 1. The van der Waals surface area contributed by atoms with Gasteiger partial charge < -0.3 is 10.2 Å². The maximum atomic E-state index is 13.8. The molecule has 3 aromatic rings. The van der Waals surface area contributed by atoms with Gasteiger partial charge in [0.1, 0.15) is 6.04 Å². The Bertz CT molecular complexity index is 1340. The van der Waals surface area contributed by atoms with Gasteiger partial charge in [0.15, 0.2) is 0 Å². The number of carbonyl (C=O) groups is 2. The first kappa shape index (κ1) is 29.9. The van der Waals surface area contributed by atoms with E-state index < -0.39 is 16.1 Å². The average molecular weight is 550 g/mol. The van der Waals surface area contributed by atoms with Crippen LogP contribution >= 0.6 is 0 Å². The zero-order valence-corrected chi connectivity index (χ0v) is 24.1. The van der Waals surface area contributed by atoms with Gasteiger partial charge in [-0.15, -0.1) is 0 Å². The molecule has 1 N–H and O–H groups in total. The third-order valence-corrected chi connectivity index (χ3v) is 7.73. The van der Waals surface area contributed by atoms with Crippen molar-refractivity contribution in [3.8, 4) is 0 Å². The van der Waals surface area contributed by atoms with Crippen LogP contribution in [0.1, 0.15) is 42.0 Å². The first-order valence-electron chi connectivity index (χ1n) is 13.3. The summed E-state index contributed by atoms with van der Waals surface area (Å²) in [5.74, 6) is -0.403. The lowest BCUT2D eigenvalue weighted by Gasteiger charge is -2.32. The molecule has 7 nitrogen and oxygen atoms in total. The number of nitrogens with one attached hydrogen (secondary N) is 1. The SMILES string of the molecule is CCNC(=O)[C@@H](Cc1ccccc1)N(Cc1ccc(C)cc1)C(=O)CCCN(c1cccc(C)c1)S(C)(=O)=O. The predicted molar refractivity (Wildman–Crippen MR) is 157 cm³/mol. The van der Waals surface area contributed by atoms with Crippen LogP contribution in [0.3, 0.4) is 0 Å². The van der Waals surface area contributed by atoms with Crippen LogP contribution in [-0.2, 0) is 32.6 Å². The molecule has 208 valence electrons. The van der Waals surface area contributed by atoms with E-state index in [0.717, 1.165) is 22.3 Å². The van der Waals surface area contributed by atoms with Crippen molar-refractivity contribution < 1.29 is 18.0 Å². The molecule has 0 aliphatic carbocycles. The number of carbonyl (C=O) groups excluding carboxylic acids is 2. The maximum Gasteiger partial charge on any atom is 0.243 e. The molecular formula is C31H39N3O4S. The van der Waals surface area contributed by atoms with Crippen molar-refractivity contribution in [1.82, 2.24) is 10.2 Å². The average Bonchev–Trinajstić information content (AvgIpc) is 2.89. The van der Waals surface area contributed by atoms with Crippen LogP contribution in [-0.4, -0.2) is 50.5 Å². The summed E-state index contributed by atoms with van der Waals surface area (Å²) >= 11 is 0. The molecule has 0 aromatic heterocycles. The summed E-state index contributed by atoms with van der Waals surface area (Å²) in [6, 6.07) is 24.2. The van der Waals surface area contributed by atoms with Crippen molar-refractivity contribution in [3.63, 3.8) is 0 Å². The van der Waals surface area contributed by atoms with Gasteiger partial charge in [-0.2, -0.15) is 0 Å². The smallest absolute Gasteiger partial charge is 0.243 e. The lowest BCUT2D eigenvalue weighted by Crippen LogP contribution is -2.50. The predicted octanol–water partition coefficient (Wildman–Crippen LogP) is 4.63. The van der Waals surface area contributed by atoms with Crippen molar-refractivity contribution in [2.24, 2.45) is 0 Å². The first-order valence-corrected chi connectivity index (χ1v) is 15.1. The molecular weight excluding hydrogens is 510 g/mol. The number of anilines is 1. The molecule has 0 aliphatic heterocycles. The molecule has 3 rings (SSSR count). The van der Waals surface area contributed by atoms with E-state index in [-0.39, 0.29) is 31.3 Å². The van der Waals surface area contributed by atoms with Crippen LogP contribution in [0, 0.1) is 13.8 Å². The van der Waals surface area contributed by atoms with Crippen LogP contribution in [0.2, 0.25) is 0 Å². The van der Waals surface area contributed by atoms with Gasteiger partial charge in [-0.3, -0.25) is 13.9 Å². The van der Waals surface area contributed by atoms with Crippen LogP contribution in [0.25, 0.3) is 0 Å². The van der Waals surface area contributed by atoms with Gasteiger partial charge in [0.2, 0.25) is 21.8 Å². The summed E-state index contributed by atoms with van der Waals surface area (Å²) in [6.07, 6.45) is 1.97. The monoisotopic (exact) mass is 549 g/mol. The zero-order valence-electron chi connectivity index (χ0n) is 23.3. The van der Waals surface area contributed by atoms with E-state index in [2.05, 4.69) is 5.32 Å². The number of aryl methyl sites for hydroxylation is 2. The molecule has 2 amide bonds. The second-order valence-electron chi connectivity index (χ2n) is 9.89. The molecule has 8 heteroatoms. The quantitative estimate of drug-likeness (QED) is 0.337. The number of hydrogen-bond donors (Lipinski definition) is 1. The van der Waals surface area contributed by atoms with Gasteiger partial charge in [-0.05, 0) is 56.0 Å². The van der Waals surface area contributed by atoms with E-state index in [1.807, 2.05) is 93.6 Å². The lowest BCUT2D eigenvalue weighted by atomic mass is 10.0. The number of likely N-dealkylation sites (N-methyl/N-ethyl adjacent to an activating group) is 1. The first-order chi connectivity index (χ1) is 18.6. The van der Waals surface area contributed by atoms with Gasteiger partial charge in [0.25, 0.3) is 0 Å². The minimum absolute atomic E-state index is 0.106. The third kappa shape index (κ3) is 8.96. The summed E-state index contributed by atoms with van der Waals surface area (Å²) in [5, 5.41) is 2.90. The number of nitrogens with zero attached hydrogens (tertiary/aromatic N) is 2. The van der Waals surface area contributed by atoms with Crippen molar-refractivity contribution in [3.05, 3.63) is 101 Å². The highest BCUT2D eigenvalue weighted by atomic mass is 32.2. The molecule has 0 fully saturated rings. The van der Waals surface area contributed by atoms with E-state index in [0.29, 0.717) is 25.1 Å². The molecule has 0 aliphatic rings. The highest BCUT2D eigenvalue weighted by molar-refractivity contribution is 7.92. The second kappa shape index (κ2) is 13.9. The second-order valence-corrected chi connectivity index (χ2v) is 11.8. The number of benzene rings is 3. The third-order valence-electron chi connectivity index (χ3n) is 6.54. The van der Waals surface area contributed by atoms with Gasteiger partial charge >= 0.3 is 0 Å². The standard InChI is InChI=1S/C31H39N3O4S/c1-5-32-31(36)29(22-26-12-7-6-8-13-26)33(23-27-18-16-24(2)17-19-27)30(35)15-10-20-34(39(4,37)38)28-14-9-11-25(3)21-28/h6-9,11-14,16-19,21,29H,5,10,15,20,22-23H2,1-4H3,(H,32,36)/t29-/m1/s1. The Kier molecular flexibility index (Phi) is 10.7. The number of hydrogen-bond acceptors (Lipinski definition) is 4. The Labute approximate surface area is 232 Å². The molecule has 0 bridgehead atoms. The van der Waals surface area contributed by atoms with E-state index in [1.165, 1.54) is 10.6 Å². The van der Waals surface area contributed by atoms with Crippen LogP contribution < -0.4 is 9.62 Å². The molecule has 39 heavy (non-hydrogen) atoms. The van der Waals surface area contributed by atoms with E-state index in [4.69, 9.17) is 0 Å². The fraction of sp³-hybridized carbons (Fsp3) is 0.355. The number of amides is 2. The molecule has 1 atom stereocenters. The molecule has 0 heterocycles. The summed E-state index contributed by atoms with van der Waals surface area (Å²) in [5.41, 5.74) is 4.52. The molecule has 0 saturated carbocycles. The highest BCUT2D eigenvalue weighted by Gasteiger charge is 2.30. The Hall–Kier alpha value is -3.65. The van der Waals surface area contributed by atoms with Gasteiger partial charge in [-0.1, -0.05) is 72.3 Å². The van der Waals surface area contributed by atoms with Crippen molar-refractivity contribution in [2.75, 3.05) is 23.7 Å². The Morgan fingerprint density at radius 1 is 0.872 bits per heavy atom. The minimum Gasteiger partial charge on any atom is -0.355 e. The fourth-order valence-corrected chi connectivity index (χ4v) is 5.48. The Morgan fingerprint density at radius 3 is 2.18 bits per heavy atom. The molecule has 0 saturated heterocycles. The molecule has 0 spiro atoms. The normalized spacial score (nSPS) is 12.0. The van der Waals surface area contributed by atoms with Crippen molar-refractivity contribution >= 4 is 27.5 Å². The van der Waals surface area contributed by atoms with Crippen LogP contribution in [0.5, 0.6) is 0 Å². The number of rotatable bonds is 13. The highest BCUT2D eigenvalue weighted by Crippen LogP contribution is 2.21. The maximum absolute atomic E-state index is 13.8. The minimum atomic E-state index is -3.54. The van der Waals surface area contributed by atoms with Crippen molar-refractivity contribution in [2.45, 2.75) is 52.6 Å². The van der Waals surface area contributed by atoms with Crippen LogP contribution in [0.15, 0.2) is 78.9 Å². The van der Waals surface area contributed by atoms with E-state index >= 15 is 0 Å². The van der Waals surface area contributed by atoms with Gasteiger partial charge in [0, 0.05) is 32.5 Å². The molecule has 3 aromatic carbocycles. The zero-order chi connectivity index (χ0) is 28.4. The topological polar surface area (TPSA) is 86.8 Å². The summed E-state index contributed by atoms with van der Waals surface area (Å²) in [6.45, 7) is 6.66.